The molecule has 0 radical (unpaired) electrons. The normalized spacial score (nSPS) is 38.1. The van der Waals surface area contributed by atoms with E-state index in [1.807, 2.05) is 13.8 Å². The Kier molecular flexibility index (Phi) is 3.85. The van der Waals surface area contributed by atoms with Gasteiger partial charge in [0.15, 0.2) is 5.79 Å². The molecule has 0 aromatic rings. The fraction of sp³-hybridized carbons (Fsp3) is 1.00. The summed E-state index contributed by atoms with van der Waals surface area (Å²) >= 11 is 0. The van der Waals surface area contributed by atoms with Crippen LogP contribution >= 0.6 is 0 Å². The Balaban J connectivity index is 1.83. The van der Waals surface area contributed by atoms with E-state index in [1.165, 1.54) is 0 Å². The third kappa shape index (κ3) is 2.94. The molecule has 2 fully saturated rings. The highest BCUT2D eigenvalue weighted by Gasteiger charge is 2.40. The first-order chi connectivity index (χ1) is 7.61. The second-order valence-electron chi connectivity index (χ2n) is 5.11. The standard InChI is InChI=1S/C12H22O4/c1-12(2)14-8-11-10(16-12)6-5-9(15-11)4-3-7-13/h9-11,13H,3-8H2,1-2H3/t9-,10+,11-/m1/s1. The summed E-state index contributed by atoms with van der Waals surface area (Å²) in [7, 11) is 0. The van der Waals surface area contributed by atoms with Crippen LogP contribution in [0.25, 0.3) is 0 Å². The van der Waals surface area contributed by atoms with E-state index in [0.717, 1.165) is 25.7 Å². The molecule has 2 heterocycles. The topological polar surface area (TPSA) is 47.9 Å². The summed E-state index contributed by atoms with van der Waals surface area (Å²) in [6.07, 6.45) is 4.32. The zero-order chi connectivity index (χ0) is 11.6. The molecule has 0 spiro atoms. The molecular formula is C12H22O4. The summed E-state index contributed by atoms with van der Waals surface area (Å²) in [5.41, 5.74) is 0. The van der Waals surface area contributed by atoms with E-state index in [9.17, 15) is 0 Å². The SMILES string of the molecule is CC1(C)OC[C@H]2O[C@H](CCCO)CC[C@@H]2O1. The molecule has 0 amide bonds. The Labute approximate surface area is 96.9 Å². The van der Waals surface area contributed by atoms with Crippen molar-refractivity contribution in [3.63, 3.8) is 0 Å². The van der Waals surface area contributed by atoms with Gasteiger partial charge in [0, 0.05) is 6.61 Å². The largest absolute Gasteiger partial charge is 0.396 e. The number of aliphatic hydroxyl groups is 1. The van der Waals surface area contributed by atoms with E-state index in [-0.39, 0.29) is 24.9 Å². The van der Waals surface area contributed by atoms with Gasteiger partial charge >= 0.3 is 0 Å². The lowest BCUT2D eigenvalue weighted by Gasteiger charge is -2.45. The van der Waals surface area contributed by atoms with Crippen LogP contribution in [0.4, 0.5) is 0 Å². The first kappa shape index (κ1) is 12.3. The van der Waals surface area contributed by atoms with Crippen LogP contribution in [0.15, 0.2) is 0 Å². The first-order valence-corrected chi connectivity index (χ1v) is 6.19. The van der Waals surface area contributed by atoms with Gasteiger partial charge in [-0.15, -0.1) is 0 Å². The molecule has 2 aliphatic heterocycles. The maximum atomic E-state index is 8.79. The van der Waals surface area contributed by atoms with Crippen molar-refractivity contribution in [2.45, 2.75) is 63.6 Å². The van der Waals surface area contributed by atoms with Crippen molar-refractivity contribution in [3.8, 4) is 0 Å². The van der Waals surface area contributed by atoms with Gasteiger partial charge in [0.05, 0.1) is 18.8 Å². The van der Waals surface area contributed by atoms with Crippen molar-refractivity contribution in [3.05, 3.63) is 0 Å². The highest BCUT2D eigenvalue weighted by Crippen LogP contribution is 2.32. The van der Waals surface area contributed by atoms with Crippen LogP contribution in [0.1, 0.15) is 39.5 Å². The maximum absolute atomic E-state index is 8.79. The molecule has 4 nitrogen and oxygen atoms in total. The lowest BCUT2D eigenvalue weighted by atomic mass is 9.97. The molecule has 0 bridgehead atoms. The molecule has 3 atom stereocenters. The second-order valence-corrected chi connectivity index (χ2v) is 5.11. The van der Waals surface area contributed by atoms with Crippen LogP contribution in [-0.2, 0) is 14.2 Å². The molecule has 4 heteroatoms. The van der Waals surface area contributed by atoms with Crippen molar-refractivity contribution in [1.29, 1.82) is 0 Å². The molecule has 0 aliphatic carbocycles. The molecule has 0 unspecified atom stereocenters. The van der Waals surface area contributed by atoms with Crippen LogP contribution < -0.4 is 0 Å². The summed E-state index contributed by atoms with van der Waals surface area (Å²) in [4.78, 5) is 0. The van der Waals surface area contributed by atoms with E-state index in [4.69, 9.17) is 19.3 Å². The molecule has 94 valence electrons. The Hall–Kier alpha value is -0.160. The smallest absolute Gasteiger partial charge is 0.163 e. The molecule has 2 aliphatic rings. The van der Waals surface area contributed by atoms with Gasteiger partial charge in [-0.1, -0.05) is 0 Å². The van der Waals surface area contributed by atoms with Gasteiger partial charge in [-0.05, 0) is 39.5 Å². The fourth-order valence-corrected chi connectivity index (χ4v) is 2.43. The van der Waals surface area contributed by atoms with Gasteiger partial charge in [-0.3, -0.25) is 0 Å². The quantitative estimate of drug-likeness (QED) is 0.797. The number of hydrogen-bond acceptors (Lipinski definition) is 4. The molecule has 16 heavy (non-hydrogen) atoms. The predicted molar refractivity (Wildman–Crippen MR) is 59.1 cm³/mol. The Bertz CT molecular complexity index is 229. The van der Waals surface area contributed by atoms with Gasteiger partial charge in [-0.25, -0.2) is 0 Å². The molecule has 2 saturated heterocycles. The average molecular weight is 230 g/mol. The molecule has 0 aromatic carbocycles. The van der Waals surface area contributed by atoms with Gasteiger partial charge in [0.1, 0.15) is 6.10 Å². The van der Waals surface area contributed by atoms with Crippen molar-refractivity contribution >= 4 is 0 Å². The van der Waals surface area contributed by atoms with Gasteiger partial charge in [0.25, 0.3) is 0 Å². The van der Waals surface area contributed by atoms with Gasteiger partial charge in [0.2, 0.25) is 0 Å². The van der Waals surface area contributed by atoms with Crippen LogP contribution in [0.2, 0.25) is 0 Å². The van der Waals surface area contributed by atoms with E-state index >= 15 is 0 Å². The van der Waals surface area contributed by atoms with E-state index in [0.29, 0.717) is 6.61 Å². The van der Waals surface area contributed by atoms with Crippen LogP contribution in [0.3, 0.4) is 0 Å². The number of ether oxygens (including phenoxy) is 3. The maximum Gasteiger partial charge on any atom is 0.163 e. The molecule has 0 aromatic heterocycles. The summed E-state index contributed by atoms with van der Waals surface area (Å²) in [6.45, 7) is 4.75. The number of fused-ring (bicyclic) bond motifs is 1. The molecule has 0 saturated carbocycles. The van der Waals surface area contributed by atoms with Gasteiger partial charge < -0.3 is 19.3 Å². The minimum absolute atomic E-state index is 0.0745. The van der Waals surface area contributed by atoms with Crippen molar-refractivity contribution in [2.24, 2.45) is 0 Å². The van der Waals surface area contributed by atoms with Crippen LogP contribution in [-0.4, -0.2) is 42.4 Å². The van der Waals surface area contributed by atoms with Crippen LogP contribution in [0, 0.1) is 0 Å². The monoisotopic (exact) mass is 230 g/mol. The van der Waals surface area contributed by atoms with Crippen molar-refractivity contribution < 1.29 is 19.3 Å². The second kappa shape index (κ2) is 5.00. The number of aliphatic hydroxyl groups excluding tert-OH is 1. The summed E-state index contributed by atoms with van der Waals surface area (Å²) in [5.74, 6) is -0.470. The predicted octanol–water partition coefficient (Wildman–Crippen LogP) is 1.46. The number of hydrogen-bond donors (Lipinski definition) is 1. The Morgan fingerprint density at radius 3 is 2.81 bits per heavy atom. The summed E-state index contributed by atoms with van der Waals surface area (Å²) in [5, 5.41) is 8.79. The fourth-order valence-electron chi connectivity index (χ4n) is 2.43. The zero-order valence-electron chi connectivity index (χ0n) is 10.1. The minimum Gasteiger partial charge on any atom is -0.396 e. The lowest BCUT2D eigenvalue weighted by molar-refractivity contribution is -0.326. The highest BCUT2D eigenvalue weighted by atomic mass is 16.7. The van der Waals surface area contributed by atoms with E-state index < -0.39 is 5.79 Å². The van der Waals surface area contributed by atoms with Gasteiger partial charge in [-0.2, -0.15) is 0 Å². The summed E-state index contributed by atoms with van der Waals surface area (Å²) in [6, 6.07) is 0. The Morgan fingerprint density at radius 2 is 2.06 bits per heavy atom. The summed E-state index contributed by atoms with van der Waals surface area (Å²) < 4.78 is 17.3. The molecule has 2 rings (SSSR count). The van der Waals surface area contributed by atoms with Crippen LogP contribution in [0.5, 0.6) is 0 Å². The highest BCUT2D eigenvalue weighted by molar-refractivity contribution is 4.84. The lowest BCUT2D eigenvalue weighted by Crippen LogP contribution is -2.53. The van der Waals surface area contributed by atoms with Crippen molar-refractivity contribution in [2.75, 3.05) is 13.2 Å². The van der Waals surface area contributed by atoms with E-state index in [2.05, 4.69) is 0 Å². The van der Waals surface area contributed by atoms with Crippen molar-refractivity contribution in [1.82, 2.24) is 0 Å². The Morgan fingerprint density at radius 1 is 1.25 bits per heavy atom. The third-order valence-corrected chi connectivity index (χ3v) is 3.27. The molecule has 1 N–H and O–H groups in total. The minimum atomic E-state index is -0.470. The van der Waals surface area contributed by atoms with E-state index in [1.54, 1.807) is 0 Å². The zero-order valence-corrected chi connectivity index (χ0v) is 10.1. The number of rotatable bonds is 3. The average Bonchev–Trinajstić information content (AvgIpc) is 2.25. The molecular weight excluding hydrogens is 208 g/mol. The third-order valence-electron chi connectivity index (χ3n) is 3.27. The first-order valence-electron chi connectivity index (χ1n) is 6.19.